The van der Waals surface area contributed by atoms with Gasteiger partial charge in [-0.05, 0) is 30.4 Å². The maximum absolute atomic E-state index is 12.4. The summed E-state index contributed by atoms with van der Waals surface area (Å²) in [6.45, 7) is 9.47. The number of benzene rings is 2. The van der Waals surface area contributed by atoms with Crippen LogP contribution in [0, 0.1) is 12.8 Å². The molecule has 1 amide bonds. The van der Waals surface area contributed by atoms with Gasteiger partial charge in [0.15, 0.2) is 0 Å². The number of amidine groups is 2. The molecular weight excluding hydrogens is 474 g/mol. The lowest BCUT2D eigenvalue weighted by Crippen LogP contribution is -2.52. The van der Waals surface area contributed by atoms with Gasteiger partial charge in [-0.1, -0.05) is 43.3 Å². The predicted molar refractivity (Wildman–Crippen MR) is 149 cm³/mol. The Labute approximate surface area is 219 Å². The summed E-state index contributed by atoms with van der Waals surface area (Å²) < 4.78 is 5.56. The third-order valence-corrected chi connectivity index (χ3v) is 7.16. The number of aliphatic imine (C=N–C) groups is 2. The molecule has 0 radical (unpaired) electrons. The van der Waals surface area contributed by atoms with E-state index < -0.39 is 0 Å². The largest absolute Gasteiger partial charge is 0.467 e. The molecule has 1 fully saturated rings. The number of nitrogens with zero attached hydrogens (tertiary/aromatic N) is 5. The molecule has 1 saturated heterocycles. The van der Waals surface area contributed by atoms with Crippen LogP contribution in [0.25, 0.3) is 10.8 Å². The van der Waals surface area contributed by atoms with Gasteiger partial charge in [-0.25, -0.2) is 4.99 Å². The Morgan fingerprint density at radius 3 is 2.56 bits per heavy atom. The van der Waals surface area contributed by atoms with Crippen molar-refractivity contribution in [2.75, 3.05) is 63.7 Å². The summed E-state index contributed by atoms with van der Waals surface area (Å²) in [5.41, 5.74) is 2.54. The maximum atomic E-state index is 12.4. The number of aryl methyl sites for hydroxylation is 1. The zero-order valence-corrected chi connectivity index (χ0v) is 22.2. The third kappa shape index (κ3) is 6.01. The van der Waals surface area contributed by atoms with Crippen LogP contribution in [0.3, 0.4) is 0 Å². The number of piperazine rings is 1. The molecule has 0 aromatic heterocycles. The zero-order valence-electron chi connectivity index (χ0n) is 21.5. The van der Waals surface area contributed by atoms with Crippen LogP contribution in [0.4, 0.5) is 5.69 Å². The fourth-order valence-electron chi connectivity index (χ4n) is 5.01. The highest BCUT2D eigenvalue weighted by molar-refractivity contribution is 6.19. The number of halogens is 1. The zero-order chi connectivity index (χ0) is 25.5. The molecule has 2 aromatic rings. The quantitative estimate of drug-likeness (QED) is 0.456. The van der Waals surface area contributed by atoms with Crippen molar-refractivity contribution in [1.82, 2.24) is 9.80 Å². The van der Waals surface area contributed by atoms with E-state index in [0.29, 0.717) is 31.5 Å². The number of carbonyl (C=O) groups is 1. The lowest BCUT2D eigenvalue weighted by Gasteiger charge is -2.38. The molecule has 2 aliphatic heterocycles. The summed E-state index contributed by atoms with van der Waals surface area (Å²) in [6, 6.07) is 13.4. The summed E-state index contributed by atoms with van der Waals surface area (Å²) in [4.78, 5) is 28.5. The minimum atomic E-state index is 0.0106. The van der Waals surface area contributed by atoms with Gasteiger partial charge < -0.3 is 19.4 Å². The Morgan fingerprint density at radius 1 is 1.08 bits per heavy atom. The van der Waals surface area contributed by atoms with E-state index in [2.05, 4.69) is 60.0 Å². The topological polar surface area (TPSA) is 60.7 Å². The molecule has 2 aromatic carbocycles. The Bertz CT molecular complexity index is 1150. The minimum absolute atomic E-state index is 0.0106. The standard InChI is InChI=1S/C28H36ClN5O2/c1-21-7-4-8-23-9-5-10-24(26(21)23)32-15-12-22(2)27(31-28(36-3)30-14-16-32)34-19-17-33(18-20-34)25(35)11-6-13-29/h4-11,22H,12-20H2,1-3H3/b11-6+,30-28?,31-27?. The molecule has 8 heteroatoms. The Balaban J connectivity index is 1.54. The van der Waals surface area contributed by atoms with Gasteiger partial charge in [0.25, 0.3) is 0 Å². The van der Waals surface area contributed by atoms with Gasteiger partial charge in [0.05, 0.1) is 13.7 Å². The van der Waals surface area contributed by atoms with E-state index in [9.17, 15) is 4.79 Å². The molecule has 7 nitrogen and oxygen atoms in total. The fraction of sp³-hybridized carbons (Fsp3) is 0.464. The van der Waals surface area contributed by atoms with Crippen LogP contribution in [0.2, 0.25) is 0 Å². The van der Waals surface area contributed by atoms with E-state index in [4.69, 9.17) is 26.3 Å². The molecule has 4 rings (SSSR count). The molecule has 0 saturated carbocycles. The van der Waals surface area contributed by atoms with Crippen molar-refractivity contribution in [3.8, 4) is 0 Å². The van der Waals surface area contributed by atoms with E-state index in [1.807, 2.05) is 4.90 Å². The first-order valence-electron chi connectivity index (χ1n) is 12.7. The van der Waals surface area contributed by atoms with Crippen LogP contribution in [0.1, 0.15) is 18.9 Å². The number of fused-ring (bicyclic) bond motifs is 1. The highest BCUT2D eigenvalue weighted by Gasteiger charge is 2.26. The number of rotatable bonds is 3. The summed E-state index contributed by atoms with van der Waals surface area (Å²) in [5.74, 6) is 1.54. The van der Waals surface area contributed by atoms with E-state index in [0.717, 1.165) is 38.4 Å². The molecule has 0 spiro atoms. The molecule has 0 aliphatic carbocycles. The second kappa shape index (κ2) is 12.3. The second-order valence-corrected chi connectivity index (χ2v) is 9.64. The van der Waals surface area contributed by atoms with Gasteiger partial charge in [0.1, 0.15) is 5.84 Å². The number of hydrogen-bond acceptors (Lipinski definition) is 6. The van der Waals surface area contributed by atoms with Gasteiger partial charge in [0, 0.05) is 68.2 Å². The van der Waals surface area contributed by atoms with Gasteiger partial charge in [-0.3, -0.25) is 4.79 Å². The summed E-state index contributed by atoms with van der Waals surface area (Å²) in [5, 5.41) is 2.56. The minimum Gasteiger partial charge on any atom is -0.467 e. The molecule has 36 heavy (non-hydrogen) atoms. The van der Waals surface area contributed by atoms with E-state index in [-0.39, 0.29) is 11.8 Å². The molecule has 1 unspecified atom stereocenters. The Morgan fingerprint density at radius 2 is 1.83 bits per heavy atom. The lowest BCUT2D eigenvalue weighted by molar-refractivity contribution is -0.127. The fourth-order valence-corrected chi connectivity index (χ4v) is 5.10. The van der Waals surface area contributed by atoms with Crippen molar-refractivity contribution < 1.29 is 9.53 Å². The number of amides is 1. The first-order valence-corrected chi connectivity index (χ1v) is 13.2. The SMILES string of the molecule is COC1=NCCN(c2cccc3cccc(C)c23)CCC(C)C(N2CCN(C(=O)/C=C/CCl)CC2)=N1. The van der Waals surface area contributed by atoms with Gasteiger partial charge in [-0.2, -0.15) is 4.99 Å². The van der Waals surface area contributed by atoms with Gasteiger partial charge in [-0.15, -0.1) is 11.6 Å². The van der Waals surface area contributed by atoms with Crippen molar-refractivity contribution in [3.63, 3.8) is 0 Å². The number of allylic oxidation sites excluding steroid dienone is 1. The Kier molecular flexibility index (Phi) is 8.86. The average Bonchev–Trinajstić information content (AvgIpc) is 2.90. The number of alkyl halides is 1. The molecule has 2 heterocycles. The summed E-state index contributed by atoms with van der Waals surface area (Å²) >= 11 is 5.68. The van der Waals surface area contributed by atoms with E-state index >= 15 is 0 Å². The van der Waals surface area contributed by atoms with Crippen molar-refractivity contribution >= 4 is 45.8 Å². The molecular formula is C28H36ClN5O2. The number of ether oxygens (including phenoxy) is 1. The van der Waals surface area contributed by atoms with Crippen LogP contribution in [0.15, 0.2) is 58.5 Å². The first kappa shape index (κ1) is 26.0. The van der Waals surface area contributed by atoms with Crippen LogP contribution >= 0.6 is 11.6 Å². The van der Waals surface area contributed by atoms with Crippen molar-refractivity contribution in [1.29, 1.82) is 0 Å². The van der Waals surface area contributed by atoms with Crippen molar-refractivity contribution in [3.05, 3.63) is 54.1 Å². The molecule has 0 bridgehead atoms. The summed E-state index contributed by atoms with van der Waals surface area (Å²) in [7, 11) is 1.63. The maximum Gasteiger partial charge on any atom is 0.313 e. The normalized spacial score (nSPS) is 19.9. The van der Waals surface area contributed by atoms with Gasteiger partial charge in [0.2, 0.25) is 5.91 Å². The smallest absolute Gasteiger partial charge is 0.313 e. The van der Waals surface area contributed by atoms with Crippen LogP contribution in [-0.2, 0) is 9.53 Å². The highest BCUT2D eigenvalue weighted by atomic mass is 35.5. The first-order chi connectivity index (χ1) is 17.5. The molecule has 0 N–H and O–H groups in total. The highest BCUT2D eigenvalue weighted by Crippen LogP contribution is 2.30. The molecule has 2 aliphatic rings. The molecule has 1 atom stereocenters. The Hall–Kier alpha value is -3.06. The third-order valence-electron chi connectivity index (χ3n) is 6.98. The van der Waals surface area contributed by atoms with Gasteiger partial charge >= 0.3 is 6.02 Å². The van der Waals surface area contributed by atoms with E-state index in [1.165, 1.54) is 22.0 Å². The van der Waals surface area contributed by atoms with Crippen LogP contribution in [0.5, 0.6) is 0 Å². The van der Waals surface area contributed by atoms with Crippen molar-refractivity contribution in [2.45, 2.75) is 20.3 Å². The lowest BCUT2D eigenvalue weighted by atomic mass is 10.0. The average molecular weight is 510 g/mol. The monoisotopic (exact) mass is 509 g/mol. The van der Waals surface area contributed by atoms with Crippen molar-refractivity contribution in [2.24, 2.45) is 15.9 Å². The number of anilines is 1. The number of methoxy groups -OCH3 is 1. The number of hydrogen-bond donors (Lipinski definition) is 0. The van der Waals surface area contributed by atoms with Crippen LogP contribution < -0.4 is 4.90 Å². The second-order valence-electron chi connectivity index (χ2n) is 9.33. The summed E-state index contributed by atoms with van der Waals surface area (Å²) in [6.07, 6.45) is 4.20. The van der Waals surface area contributed by atoms with E-state index in [1.54, 1.807) is 19.3 Å². The predicted octanol–water partition coefficient (Wildman–Crippen LogP) is 4.33. The number of carbonyl (C=O) groups excluding carboxylic acids is 1. The van der Waals surface area contributed by atoms with Crippen LogP contribution in [-0.4, -0.2) is 86.4 Å². The molecule has 192 valence electrons.